The number of nitro groups is 1. The molecule has 0 spiro atoms. The molecule has 0 aliphatic rings. The maximum Gasteiger partial charge on any atom is 0.295 e. The van der Waals surface area contributed by atoms with Gasteiger partial charge >= 0.3 is 0 Å². The molecule has 2 aromatic rings. The number of hydrogen-bond donors (Lipinski definition) is 3. The zero-order valence-electron chi connectivity index (χ0n) is 12.5. The zero-order chi connectivity index (χ0) is 16.9. The Bertz CT molecular complexity index is 1020. The summed E-state index contributed by atoms with van der Waals surface area (Å²) in [6.45, 7) is 0. The smallest absolute Gasteiger partial charge is 0.295 e. The molecular formula is C10H8N2Na2O8S2. The minimum absolute atomic E-state index is 0. The molecule has 0 atom stereocenters. The number of non-ortho nitro benzene ring substituents is 1. The van der Waals surface area contributed by atoms with Crippen molar-refractivity contribution in [2.24, 2.45) is 0 Å². The van der Waals surface area contributed by atoms with Gasteiger partial charge < -0.3 is 5.73 Å². The molecule has 24 heavy (non-hydrogen) atoms. The van der Waals surface area contributed by atoms with Crippen LogP contribution in [0, 0.1) is 10.1 Å². The molecule has 2 aromatic carbocycles. The Labute approximate surface area is 180 Å². The summed E-state index contributed by atoms with van der Waals surface area (Å²) in [5.41, 5.74) is 4.44. The number of hydrogen-bond acceptors (Lipinski definition) is 7. The van der Waals surface area contributed by atoms with E-state index in [1.807, 2.05) is 0 Å². The summed E-state index contributed by atoms with van der Waals surface area (Å²) in [5.74, 6) is 0. The average Bonchev–Trinajstić information content (AvgIpc) is 2.33. The van der Waals surface area contributed by atoms with E-state index in [-0.39, 0.29) is 70.2 Å². The van der Waals surface area contributed by atoms with E-state index in [1.165, 1.54) is 0 Å². The Morgan fingerprint density at radius 2 is 1.29 bits per heavy atom. The van der Waals surface area contributed by atoms with Gasteiger partial charge in [-0.15, -0.1) is 0 Å². The first-order valence-corrected chi connectivity index (χ1v) is 8.26. The van der Waals surface area contributed by atoms with Crippen LogP contribution in [0.2, 0.25) is 0 Å². The van der Waals surface area contributed by atoms with Crippen molar-refractivity contribution in [3.05, 3.63) is 34.4 Å². The molecule has 0 aliphatic heterocycles. The van der Waals surface area contributed by atoms with Crippen molar-refractivity contribution in [3.63, 3.8) is 0 Å². The predicted molar refractivity (Wildman–Crippen MR) is 86.2 cm³/mol. The van der Waals surface area contributed by atoms with Crippen molar-refractivity contribution in [1.82, 2.24) is 0 Å². The minimum Gasteiger partial charge on any atom is -0.399 e. The predicted octanol–water partition coefficient (Wildman–Crippen LogP) is 0.0620. The van der Waals surface area contributed by atoms with Crippen molar-refractivity contribution in [2.45, 2.75) is 9.79 Å². The monoisotopic (exact) mass is 394 g/mol. The van der Waals surface area contributed by atoms with Gasteiger partial charge in [0.15, 0.2) is 0 Å². The molecule has 14 heteroatoms. The minimum atomic E-state index is -4.90. The molecule has 4 N–H and O–H groups in total. The van der Waals surface area contributed by atoms with Gasteiger partial charge in [-0.2, -0.15) is 16.8 Å². The number of nitrogens with two attached hydrogens (primary N) is 1. The Morgan fingerprint density at radius 1 is 0.875 bits per heavy atom. The van der Waals surface area contributed by atoms with Gasteiger partial charge in [-0.1, -0.05) is 0 Å². The van der Waals surface area contributed by atoms with E-state index >= 15 is 0 Å². The SMILES string of the molecule is Nc1cc(S(=O)(=O)O)c2cc([N+](=O)[O-])cc(S(=O)(=O)O)c2c1.[Na].[Na]. The summed E-state index contributed by atoms with van der Waals surface area (Å²) in [6, 6.07) is 3.14. The van der Waals surface area contributed by atoms with Crippen LogP contribution in [0.3, 0.4) is 0 Å². The van der Waals surface area contributed by atoms with E-state index in [0.717, 1.165) is 18.2 Å². The number of nitro benzene ring substituents is 1. The zero-order valence-corrected chi connectivity index (χ0v) is 18.1. The van der Waals surface area contributed by atoms with Gasteiger partial charge in [0.2, 0.25) is 0 Å². The molecule has 0 bridgehead atoms. The average molecular weight is 394 g/mol. The molecule has 120 valence electrons. The first kappa shape index (κ1) is 23.7. The summed E-state index contributed by atoms with van der Waals surface area (Å²) in [7, 11) is -9.74. The quantitative estimate of drug-likeness (QED) is 0.213. The van der Waals surface area contributed by atoms with Gasteiger partial charge in [-0.3, -0.25) is 19.2 Å². The van der Waals surface area contributed by atoms with Gasteiger partial charge in [0.1, 0.15) is 9.79 Å². The molecule has 10 nitrogen and oxygen atoms in total. The number of nitrogens with zero attached hydrogens (tertiary/aromatic N) is 1. The molecule has 0 heterocycles. The molecular weight excluding hydrogens is 386 g/mol. The van der Waals surface area contributed by atoms with E-state index in [0.29, 0.717) is 6.07 Å². The fourth-order valence-electron chi connectivity index (χ4n) is 1.93. The Kier molecular flexibility index (Phi) is 7.86. The Morgan fingerprint density at radius 3 is 1.71 bits per heavy atom. The second-order valence-electron chi connectivity index (χ2n) is 4.27. The van der Waals surface area contributed by atoms with Crippen molar-refractivity contribution >= 4 is 101 Å². The number of rotatable bonds is 3. The van der Waals surface area contributed by atoms with E-state index < -0.39 is 46.0 Å². The summed E-state index contributed by atoms with van der Waals surface area (Å²) in [5, 5.41) is 10.0. The number of benzene rings is 2. The third-order valence-corrected chi connectivity index (χ3v) is 4.55. The molecule has 0 amide bonds. The second kappa shape index (κ2) is 7.95. The van der Waals surface area contributed by atoms with E-state index in [2.05, 4.69) is 0 Å². The maximum absolute atomic E-state index is 11.4. The van der Waals surface area contributed by atoms with Gasteiger partial charge in [0, 0.05) is 87.7 Å². The van der Waals surface area contributed by atoms with Crippen LogP contribution in [0.1, 0.15) is 0 Å². The Hall–Kier alpha value is -0.280. The number of nitrogen functional groups attached to an aromatic ring is 1. The molecule has 0 unspecified atom stereocenters. The first-order chi connectivity index (χ1) is 9.91. The fourth-order valence-corrected chi connectivity index (χ4v) is 3.38. The Balaban J connectivity index is 0.00000264. The molecule has 0 fully saturated rings. The fraction of sp³-hybridized carbons (Fsp3) is 0. The van der Waals surface area contributed by atoms with Crippen molar-refractivity contribution in [2.75, 3.05) is 5.73 Å². The number of fused-ring (bicyclic) bond motifs is 1. The van der Waals surface area contributed by atoms with E-state index in [9.17, 15) is 31.5 Å². The topological polar surface area (TPSA) is 178 Å². The molecule has 0 aromatic heterocycles. The summed E-state index contributed by atoms with van der Waals surface area (Å²) >= 11 is 0. The standard InChI is InChI=1S/C10H8N2O8S2.2Na/c11-5-1-7-8(9(2-5)21(15,16)17)3-6(12(13)14)4-10(7)22(18,19)20;;/h1-4H,11H2,(H,15,16,17)(H,18,19,20);;. The van der Waals surface area contributed by atoms with Gasteiger partial charge in [-0.25, -0.2) is 0 Å². The van der Waals surface area contributed by atoms with Gasteiger partial charge in [-0.05, 0) is 12.1 Å². The van der Waals surface area contributed by atoms with E-state index in [4.69, 9.17) is 10.3 Å². The summed E-state index contributed by atoms with van der Waals surface area (Å²) < 4.78 is 63.8. The molecule has 0 aliphatic carbocycles. The third-order valence-electron chi connectivity index (χ3n) is 2.77. The third kappa shape index (κ3) is 4.88. The normalized spacial score (nSPS) is 11.4. The van der Waals surface area contributed by atoms with Crippen molar-refractivity contribution < 1.29 is 30.9 Å². The van der Waals surface area contributed by atoms with Gasteiger partial charge in [0.05, 0.1) is 4.92 Å². The van der Waals surface area contributed by atoms with Crippen molar-refractivity contribution in [1.29, 1.82) is 0 Å². The maximum atomic E-state index is 11.4. The van der Waals surface area contributed by atoms with Crippen LogP contribution in [-0.4, -0.2) is 90.0 Å². The van der Waals surface area contributed by atoms with Crippen LogP contribution < -0.4 is 5.73 Å². The van der Waals surface area contributed by atoms with Crippen LogP contribution in [-0.2, 0) is 20.2 Å². The number of anilines is 1. The van der Waals surface area contributed by atoms with Crippen LogP contribution in [0.5, 0.6) is 0 Å². The first-order valence-electron chi connectivity index (χ1n) is 5.38. The summed E-state index contributed by atoms with van der Waals surface area (Å²) in [4.78, 5) is 8.17. The van der Waals surface area contributed by atoms with Crippen LogP contribution in [0.15, 0.2) is 34.1 Å². The molecule has 2 radical (unpaired) electrons. The van der Waals surface area contributed by atoms with Crippen LogP contribution in [0.4, 0.5) is 11.4 Å². The van der Waals surface area contributed by atoms with Crippen molar-refractivity contribution in [3.8, 4) is 0 Å². The van der Waals surface area contributed by atoms with Gasteiger partial charge in [0.25, 0.3) is 25.9 Å². The summed E-state index contributed by atoms with van der Waals surface area (Å²) in [6.07, 6.45) is 0. The second-order valence-corrected chi connectivity index (χ2v) is 7.05. The van der Waals surface area contributed by atoms with Crippen LogP contribution >= 0.6 is 0 Å². The molecule has 0 saturated heterocycles. The largest absolute Gasteiger partial charge is 0.399 e. The molecule has 0 saturated carbocycles. The van der Waals surface area contributed by atoms with E-state index in [1.54, 1.807) is 0 Å². The molecule has 2 rings (SSSR count). The van der Waals surface area contributed by atoms with Crippen LogP contribution in [0.25, 0.3) is 10.8 Å².